The van der Waals surface area contributed by atoms with Gasteiger partial charge in [0.15, 0.2) is 5.08 Å². The number of alkyl halides is 5. The zero-order valence-electron chi connectivity index (χ0n) is 13.5. The molecule has 0 bridgehead atoms. The third-order valence-electron chi connectivity index (χ3n) is 4.81. The summed E-state index contributed by atoms with van der Waals surface area (Å²) < 4.78 is 111. The monoisotopic (exact) mass is 427 g/mol. The Morgan fingerprint density at radius 1 is 0.885 bits per heavy atom. The number of sulfone groups is 2. The molecule has 1 heterocycles. The van der Waals surface area contributed by atoms with Crippen LogP contribution in [0.3, 0.4) is 0 Å². The van der Waals surface area contributed by atoms with E-state index in [-0.39, 0.29) is 12.5 Å². The molecule has 0 aromatic carbocycles. The van der Waals surface area contributed by atoms with Gasteiger partial charge in [-0.15, -0.1) is 0 Å². The molecule has 0 aromatic heterocycles. The fraction of sp³-hybridized carbons (Fsp3) is 0.923. The van der Waals surface area contributed by atoms with Crippen molar-refractivity contribution < 1.29 is 43.6 Å². The van der Waals surface area contributed by atoms with Crippen LogP contribution in [0.2, 0.25) is 0 Å². The van der Waals surface area contributed by atoms with E-state index in [0.717, 1.165) is 6.42 Å². The van der Waals surface area contributed by atoms with Gasteiger partial charge >= 0.3 is 16.7 Å². The summed E-state index contributed by atoms with van der Waals surface area (Å²) in [6.07, 6.45) is 3.65. The maximum Gasteiger partial charge on any atom is 0.498 e. The lowest BCUT2D eigenvalue weighted by atomic mass is 9.78. The molecule has 2 fully saturated rings. The van der Waals surface area contributed by atoms with Crippen molar-refractivity contribution in [1.82, 2.24) is 4.90 Å². The molecule has 152 valence electrons. The fourth-order valence-corrected chi connectivity index (χ4v) is 6.67. The minimum atomic E-state index is -6.36. The number of likely N-dealkylation sites (tertiary alicyclic amines) is 1. The smallest absolute Gasteiger partial charge is 0.333 e. The summed E-state index contributed by atoms with van der Waals surface area (Å²) >= 11 is 0. The van der Waals surface area contributed by atoms with Gasteiger partial charge in [0.05, 0.1) is 0 Å². The van der Waals surface area contributed by atoms with Crippen LogP contribution in [0.1, 0.15) is 38.5 Å². The molecule has 26 heavy (non-hydrogen) atoms. The number of carbonyl (C=O) groups excluding carboxylic acids is 1. The van der Waals surface area contributed by atoms with Crippen molar-refractivity contribution in [3.63, 3.8) is 0 Å². The van der Waals surface area contributed by atoms with Crippen molar-refractivity contribution in [2.45, 2.75) is 55.3 Å². The first-order valence-electron chi connectivity index (χ1n) is 7.91. The summed E-state index contributed by atoms with van der Waals surface area (Å²) in [6, 6.07) is -0.606. The van der Waals surface area contributed by atoms with Crippen LogP contribution in [0, 0.1) is 5.92 Å². The Labute approximate surface area is 147 Å². The number of rotatable bonds is 4. The highest BCUT2D eigenvalue weighted by Gasteiger charge is 2.60. The molecule has 1 aliphatic carbocycles. The summed E-state index contributed by atoms with van der Waals surface area (Å²) in [7, 11) is -12.6. The number of halogens is 5. The number of hydrogen-bond acceptors (Lipinski definition) is 5. The maximum atomic E-state index is 14.2. The van der Waals surface area contributed by atoms with E-state index in [1.54, 1.807) is 0 Å². The van der Waals surface area contributed by atoms with Gasteiger partial charge in [0.2, 0.25) is 9.84 Å². The van der Waals surface area contributed by atoms with Gasteiger partial charge in [-0.05, 0) is 31.6 Å². The van der Waals surface area contributed by atoms with E-state index in [1.165, 1.54) is 0 Å². The first-order chi connectivity index (χ1) is 11.7. The maximum absolute atomic E-state index is 14.2. The van der Waals surface area contributed by atoms with Crippen molar-refractivity contribution in [2.24, 2.45) is 5.92 Å². The molecule has 13 heteroatoms. The first-order valence-corrected chi connectivity index (χ1v) is 11.2. The molecule has 0 radical (unpaired) electrons. The van der Waals surface area contributed by atoms with Crippen LogP contribution < -0.4 is 0 Å². The largest absolute Gasteiger partial charge is 0.498 e. The Balaban J connectivity index is 2.28. The second-order valence-electron chi connectivity index (χ2n) is 6.56. The minimum Gasteiger partial charge on any atom is -0.333 e. The molecule has 0 N–H and O–H groups in total. The molecule has 1 aliphatic heterocycles. The standard InChI is InChI=1S/C13H18F5NO5S2/c14-12(15,25(21,22)8-26(23,24)13(16,17)18)11(20)19-7-3-5-9-4-1-2-6-10(9)19/h9-10H,1-8H2. The highest BCUT2D eigenvalue weighted by Crippen LogP contribution is 2.38. The molecular weight excluding hydrogens is 409 g/mol. The molecule has 2 aliphatic rings. The van der Waals surface area contributed by atoms with Crippen LogP contribution in [0.5, 0.6) is 0 Å². The van der Waals surface area contributed by atoms with Gasteiger partial charge in [0.1, 0.15) is 0 Å². The number of hydrogen-bond donors (Lipinski definition) is 0. The number of amides is 1. The van der Waals surface area contributed by atoms with Crippen molar-refractivity contribution >= 4 is 25.6 Å². The van der Waals surface area contributed by atoms with Crippen molar-refractivity contribution in [3.8, 4) is 0 Å². The summed E-state index contributed by atoms with van der Waals surface area (Å²) in [5.74, 6) is -2.22. The predicted octanol–water partition coefficient (Wildman–Crippen LogP) is 2.07. The second kappa shape index (κ2) is 6.88. The Hall–Kier alpha value is -0.980. The van der Waals surface area contributed by atoms with E-state index < -0.39 is 47.5 Å². The zero-order valence-corrected chi connectivity index (χ0v) is 15.1. The van der Waals surface area contributed by atoms with Gasteiger partial charge < -0.3 is 4.90 Å². The highest BCUT2D eigenvalue weighted by molar-refractivity contribution is 8.09. The Bertz CT molecular complexity index is 760. The van der Waals surface area contributed by atoms with Gasteiger partial charge in [-0.25, -0.2) is 16.8 Å². The molecule has 0 spiro atoms. The van der Waals surface area contributed by atoms with E-state index in [9.17, 15) is 43.6 Å². The predicted molar refractivity (Wildman–Crippen MR) is 80.4 cm³/mol. The molecule has 1 amide bonds. The van der Waals surface area contributed by atoms with Gasteiger partial charge in [0.25, 0.3) is 9.84 Å². The third-order valence-corrected chi connectivity index (χ3v) is 8.95. The zero-order chi connectivity index (χ0) is 20.0. The van der Waals surface area contributed by atoms with Crippen LogP contribution in [0.4, 0.5) is 22.0 Å². The molecule has 0 aromatic rings. The molecule has 2 unspecified atom stereocenters. The van der Waals surface area contributed by atoms with Crippen LogP contribution >= 0.6 is 0 Å². The lowest BCUT2D eigenvalue weighted by Crippen LogP contribution is -2.57. The topological polar surface area (TPSA) is 88.6 Å². The number of carbonyl (C=O) groups is 1. The van der Waals surface area contributed by atoms with E-state index >= 15 is 0 Å². The lowest BCUT2D eigenvalue weighted by molar-refractivity contribution is -0.153. The van der Waals surface area contributed by atoms with Gasteiger partial charge in [-0.2, -0.15) is 22.0 Å². The van der Waals surface area contributed by atoms with Crippen molar-refractivity contribution in [1.29, 1.82) is 0 Å². The van der Waals surface area contributed by atoms with Crippen LogP contribution in [0.25, 0.3) is 0 Å². The molecule has 2 atom stereocenters. The van der Waals surface area contributed by atoms with E-state index in [4.69, 9.17) is 0 Å². The molecule has 1 saturated heterocycles. The Morgan fingerprint density at radius 3 is 2.00 bits per heavy atom. The third kappa shape index (κ3) is 3.82. The lowest BCUT2D eigenvalue weighted by Gasteiger charge is -2.44. The number of fused-ring (bicyclic) bond motifs is 1. The summed E-state index contributed by atoms with van der Waals surface area (Å²) in [5, 5.41) is -8.12. The van der Waals surface area contributed by atoms with Crippen LogP contribution in [-0.4, -0.2) is 56.1 Å². The van der Waals surface area contributed by atoms with E-state index in [0.29, 0.717) is 37.0 Å². The SMILES string of the molecule is O=C(N1CCCC2CCCCC21)C(F)(F)S(=O)(=O)CS(=O)(=O)C(F)(F)F. The minimum absolute atomic E-state index is 0.0705. The van der Waals surface area contributed by atoms with E-state index in [2.05, 4.69) is 0 Å². The molecule has 2 rings (SSSR count). The molecule has 6 nitrogen and oxygen atoms in total. The summed E-state index contributed by atoms with van der Waals surface area (Å²) in [5.41, 5.74) is -6.02. The van der Waals surface area contributed by atoms with Crippen LogP contribution in [0.15, 0.2) is 0 Å². The van der Waals surface area contributed by atoms with Crippen molar-refractivity contribution in [3.05, 3.63) is 0 Å². The van der Waals surface area contributed by atoms with Crippen LogP contribution in [-0.2, 0) is 24.5 Å². The fourth-order valence-electron chi connectivity index (χ4n) is 3.52. The summed E-state index contributed by atoms with van der Waals surface area (Å²) in [4.78, 5) is 12.9. The second-order valence-corrected chi connectivity index (χ2v) is 10.9. The molecular formula is C13H18F5NO5S2. The Kier molecular flexibility index (Phi) is 5.64. The average Bonchev–Trinajstić information content (AvgIpc) is 2.51. The highest BCUT2D eigenvalue weighted by atomic mass is 32.3. The average molecular weight is 427 g/mol. The van der Waals surface area contributed by atoms with E-state index in [1.807, 2.05) is 0 Å². The quantitative estimate of drug-likeness (QED) is 0.641. The summed E-state index contributed by atoms with van der Waals surface area (Å²) in [6.45, 7) is -0.142. The van der Waals surface area contributed by atoms with Gasteiger partial charge in [-0.3, -0.25) is 4.79 Å². The molecule has 1 saturated carbocycles. The normalized spacial score (nSPS) is 25.7. The van der Waals surface area contributed by atoms with Crippen molar-refractivity contribution in [2.75, 3.05) is 11.6 Å². The number of piperidine rings is 1. The Morgan fingerprint density at radius 2 is 1.42 bits per heavy atom. The first kappa shape index (κ1) is 21.3. The van der Waals surface area contributed by atoms with Gasteiger partial charge in [0, 0.05) is 12.6 Å². The number of nitrogens with zero attached hydrogens (tertiary/aromatic N) is 1. The van der Waals surface area contributed by atoms with Gasteiger partial charge in [-0.1, -0.05) is 12.8 Å².